The highest BCUT2D eigenvalue weighted by Gasteiger charge is 2.19. The zero-order valence-corrected chi connectivity index (χ0v) is 13.0. The molecule has 0 aliphatic heterocycles. The number of carbonyl (C=O) groups is 2. The van der Waals surface area contributed by atoms with E-state index in [2.05, 4.69) is 15.3 Å². The van der Waals surface area contributed by atoms with E-state index >= 15 is 0 Å². The molecule has 2 aromatic rings. The Hall–Kier alpha value is -2.96. The Bertz CT molecular complexity index is 724. The molecule has 0 radical (unpaired) electrons. The monoisotopic (exact) mass is 315 g/mol. The van der Waals surface area contributed by atoms with Gasteiger partial charge in [-0.3, -0.25) is 10.3 Å². The molecule has 0 saturated heterocycles. The molecule has 7 heteroatoms. The van der Waals surface area contributed by atoms with Gasteiger partial charge in [0.1, 0.15) is 11.3 Å². The lowest BCUT2D eigenvalue weighted by Crippen LogP contribution is -2.27. The topological polar surface area (TPSA) is 101 Å². The summed E-state index contributed by atoms with van der Waals surface area (Å²) in [6, 6.07) is 6.21. The van der Waals surface area contributed by atoms with E-state index in [1.54, 1.807) is 39.1 Å². The van der Waals surface area contributed by atoms with Crippen LogP contribution in [0.25, 0.3) is 11.3 Å². The fraction of sp³-hybridized carbons (Fsp3) is 0.250. The summed E-state index contributed by atoms with van der Waals surface area (Å²) in [7, 11) is 0. The number of nitrogens with one attached hydrogen (secondary N) is 1. The van der Waals surface area contributed by atoms with Crippen molar-refractivity contribution in [2.75, 3.05) is 5.32 Å². The number of carboxylic acid groups (broad SMARTS) is 1. The summed E-state index contributed by atoms with van der Waals surface area (Å²) in [5.74, 6) is -1.15. The van der Waals surface area contributed by atoms with Crippen molar-refractivity contribution in [3.63, 3.8) is 0 Å². The van der Waals surface area contributed by atoms with Crippen LogP contribution < -0.4 is 5.32 Å². The standard InChI is InChI=1S/C16H17N3O4/c1-16(2,3)23-15(22)19-11-6-7-12(14(20)21)18-13(11)10-5-4-8-17-9-10/h4-9H,1-3H3,(H,19,22)(H,20,21). The van der Waals surface area contributed by atoms with Gasteiger partial charge in [0.25, 0.3) is 0 Å². The van der Waals surface area contributed by atoms with Gasteiger partial charge in [-0.25, -0.2) is 14.6 Å². The molecule has 0 aliphatic carbocycles. The lowest BCUT2D eigenvalue weighted by atomic mass is 10.1. The summed E-state index contributed by atoms with van der Waals surface area (Å²) in [5.41, 5.74) is 0.467. The number of aromatic carboxylic acids is 1. The molecule has 2 N–H and O–H groups in total. The molecule has 0 aromatic carbocycles. The Morgan fingerprint density at radius 3 is 2.52 bits per heavy atom. The highest BCUT2D eigenvalue weighted by molar-refractivity contribution is 5.93. The summed E-state index contributed by atoms with van der Waals surface area (Å²) in [6.45, 7) is 5.25. The van der Waals surface area contributed by atoms with Crippen molar-refractivity contribution in [3.8, 4) is 11.3 Å². The molecule has 23 heavy (non-hydrogen) atoms. The molecule has 0 unspecified atom stereocenters. The molecule has 0 aliphatic rings. The number of rotatable bonds is 3. The van der Waals surface area contributed by atoms with Crippen molar-refractivity contribution in [3.05, 3.63) is 42.4 Å². The highest BCUT2D eigenvalue weighted by atomic mass is 16.6. The number of hydrogen-bond acceptors (Lipinski definition) is 5. The zero-order chi connectivity index (χ0) is 17.0. The molecular formula is C16H17N3O4. The van der Waals surface area contributed by atoms with Gasteiger partial charge in [0, 0.05) is 18.0 Å². The Morgan fingerprint density at radius 1 is 1.22 bits per heavy atom. The van der Waals surface area contributed by atoms with Gasteiger partial charge in [-0.15, -0.1) is 0 Å². The normalized spacial score (nSPS) is 10.9. The first-order chi connectivity index (χ1) is 10.8. The van der Waals surface area contributed by atoms with Gasteiger partial charge in [-0.2, -0.15) is 0 Å². The SMILES string of the molecule is CC(C)(C)OC(=O)Nc1ccc(C(=O)O)nc1-c1cccnc1. The van der Waals surface area contributed by atoms with Crippen molar-refractivity contribution in [1.82, 2.24) is 9.97 Å². The third-order valence-corrected chi connectivity index (χ3v) is 2.68. The van der Waals surface area contributed by atoms with Crippen molar-refractivity contribution < 1.29 is 19.4 Å². The smallest absolute Gasteiger partial charge is 0.412 e. The fourth-order valence-electron chi connectivity index (χ4n) is 1.82. The van der Waals surface area contributed by atoms with Gasteiger partial charge >= 0.3 is 12.1 Å². The average molecular weight is 315 g/mol. The van der Waals surface area contributed by atoms with Gasteiger partial charge in [-0.1, -0.05) is 0 Å². The number of nitrogens with zero attached hydrogens (tertiary/aromatic N) is 2. The lowest BCUT2D eigenvalue weighted by molar-refractivity contribution is 0.0634. The van der Waals surface area contributed by atoms with Crippen molar-refractivity contribution >= 4 is 17.7 Å². The van der Waals surface area contributed by atoms with E-state index in [4.69, 9.17) is 9.84 Å². The van der Waals surface area contributed by atoms with Gasteiger partial charge in [-0.05, 0) is 45.0 Å². The highest BCUT2D eigenvalue weighted by Crippen LogP contribution is 2.26. The van der Waals surface area contributed by atoms with E-state index in [0.717, 1.165) is 0 Å². The van der Waals surface area contributed by atoms with Crippen LogP contribution in [-0.4, -0.2) is 32.7 Å². The number of carbonyl (C=O) groups excluding carboxylic acids is 1. The van der Waals surface area contributed by atoms with Crippen molar-refractivity contribution in [2.24, 2.45) is 0 Å². The molecule has 0 bridgehead atoms. The maximum Gasteiger partial charge on any atom is 0.412 e. The predicted molar refractivity (Wildman–Crippen MR) is 84.3 cm³/mol. The molecule has 0 atom stereocenters. The van der Waals surface area contributed by atoms with Crippen LogP contribution in [0.3, 0.4) is 0 Å². The second-order valence-corrected chi connectivity index (χ2v) is 5.77. The number of amides is 1. The Kier molecular flexibility index (Phi) is 4.59. The molecule has 2 aromatic heterocycles. The third kappa shape index (κ3) is 4.50. The van der Waals surface area contributed by atoms with Gasteiger partial charge < -0.3 is 9.84 Å². The van der Waals surface area contributed by atoms with Gasteiger partial charge in [0.15, 0.2) is 0 Å². The molecule has 120 valence electrons. The summed E-state index contributed by atoms with van der Waals surface area (Å²) in [5, 5.41) is 11.7. The molecule has 1 amide bonds. The molecule has 2 rings (SSSR count). The Morgan fingerprint density at radius 2 is 1.96 bits per heavy atom. The van der Waals surface area contributed by atoms with Crippen LogP contribution in [-0.2, 0) is 4.74 Å². The fourth-order valence-corrected chi connectivity index (χ4v) is 1.82. The summed E-state index contributed by atoms with van der Waals surface area (Å²) in [6.07, 6.45) is 2.48. The number of pyridine rings is 2. The second kappa shape index (κ2) is 6.43. The first-order valence-corrected chi connectivity index (χ1v) is 6.91. The summed E-state index contributed by atoms with van der Waals surface area (Å²) < 4.78 is 5.20. The van der Waals surface area contributed by atoms with Crippen LogP contribution in [0, 0.1) is 0 Å². The van der Waals surface area contributed by atoms with Crippen molar-refractivity contribution in [2.45, 2.75) is 26.4 Å². The minimum absolute atomic E-state index is 0.126. The average Bonchev–Trinajstić information content (AvgIpc) is 2.46. The van der Waals surface area contributed by atoms with Crippen LogP contribution in [0.5, 0.6) is 0 Å². The number of carboxylic acids is 1. The van der Waals surface area contributed by atoms with Crippen LogP contribution in [0.1, 0.15) is 31.3 Å². The van der Waals surface area contributed by atoms with Crippen LogP contribution in [0.2, 0.25) is 0 Å². The molecule has 0 saturated carbocycles. The summed E-state index contributed by atoms with van der Waals surface area (Å²) in [4.78, 5) is 31.1. The van der Waals surface area contributed by atoms with Crippen molar-refractivity contribution in [1.29, 1.82) is 0 Å². The second-order valence-electron chi connectivity index (χ2n) is 5.77. The number of aromatic nitrogens is 2. The largest absolute Gasteiger partial charge is 0.477 e. The van der Waals surface area contributed by atoms with Gasteiger partial charge in [0.2, 0.25) is 0 Å². The Balaban J connectivity index is 2.39. The molecule has 0 spiro atoms. The number of hydrogen-bond donors (Lipinski definition) is 2. The Labute approximate surface area is 133 Å². The minimum atomic E-state index is -1.15. The van der Waals surface area contributed by atoms with E-state index in [9.17, 15) is 9.59 Å². The van der Waals surface area contributed by atoms with E-state index in [1.807, 2.05) is 0 Å². The maximum atomic E-state index is 11.9. The first kappa shape index (κ1) is 16.4. The lowest BCUT2D eigenvalue weighted by Gasteiger charge is -2.20. The van der Waals surface area contributed by atoms with E-state index < -0.39 is 17.7 Å². The van der Waals surface area contributed by atoms with E-state index in [1.165, 1.54) is 18.3 Å². The minimum Gasteiger partial charge on any atom is -0.477 e. The third-order valence-electron chi connectivity index (χ3n) is 2.68. The number of anilines is 1. The van der Waals surface area contributed by atoms with Gasteiger partial charge in [0.05, 0.1) is 11.4 Å². The summed E-state index contributed by atoms with van der Waals surface area (Å²) >= 11 is 0. The van der Waals surface area contributed by atoms with E-state index in [-0.39, 0.29) is 5.69 Å². The van der Waals surface area contributed by atoms with Crippen LogP contribution >= 0.6 is 0 Å². The molecule has 2 heterocycles. The van der Waals surface area contributed by atoms with Crippen LogP contribution in [0.4, 0.5) is 10.5 Å². The predicted octanol–water partition coefficient (Wildman–Crippen LogP) is 3.19. The van der Waals surface area contributed by atoms with Crippen LogP contribution in [0.15, 0.2) is 36.7 Å². The molecule has 7 nitrogen and oxygen atoms in total. The maximum absolute atomic E-state index is 11.9. The number of ether oxygens (including phenoxy) is 1. The quantitative estimate of drug-likeness (QED) is 0.902. The van der Waals surface area contributed by atoms with E-state index in [0.29, 0.717) is 16.9 Å². The zero-order valence-electron chi connectivity index (χ0n) is 13.0. The first-order valence-electron chi connectivity index (χ1n) is 6.91. The molecular weight excluding hydrogens is 298 g/mol. The molecule has 0 fully saturated rings.